The van der Waals surface area contributed by atoms with E-state index < -0.39 is 10.7 Å². The number of thioether (sulfide) groups is 1. The van der Waals surface area contributed by atoms with Crippen molar-refractivity contribution in [3.63, 3.8) is 0 Å². The van der Waals surface area contributed by atoms with Crippen LogP contribution in [-0.2, 0) is 4.79 Å². The minimum Gasteiger partial charge on any atom is -0.480 e. The van der Waals surface area contributed by atoms with Crippen molar-refractivity contribution in [2.75, 3.05) is 6.54 Å². The van der Waals surface area contributed by atoms with Crippen LogP contribution in [0.5, 0.6) is 0 Å². The van der Waals surface area contributed by atoms with Gasteiger partial charge < -0.3 is 10.4 Å². The number of hydrogen-bond donors (Lipinski definition) is 2. The van der Waals surface area contributed by atoms with Gasteiger partial charge in [0.1, 0.15) is 9.77 Å². The number of carboxylic acids is 1. The summed E-state index contributed by atoms with van der Waals surface area (Å²) < 4.78 is -0.984. The summed E-state index contributed by atoms with van der Waals surface area (Å²) in [5, 5.41) is 19.7. The van der Waals surface area contributed by atoms with Crippen LogP contribution in [0.3, 0.4) is 0 Å². The Bertz CT molecular complexity index is 445. The second-order valence-corrected chi connectivity index (χ2v) is 5.68. The second-order valence-electron chi connectivity index (χ2n) is 4.03. The molecule has 0 atom stereocenters. The Morgan fingerprint density at radius 2 is 2.06 bits per heavy atom. The van der Waals surface area contributed by atoms with Gasteiger partial charge in [-0.1, -0.05) is 11.8 Å². The number of carbonyl (C=O) groups is 2. The fourth-order valence-electron chi connectivity index (χ4n) is 1.05. The van der Waals surface area contributed by atoms with Gasteiger partial charge in [0.2, 0.25) is 0 Å². The normalized spacial score (nSPS) is 11.1. The van der Waals surface area contributed by atoms with Gasteiger partial charge in [-0.3, -0.25) is 9.59 Å². The van der Waals surface area contributed by atoms with Crippen LogP contribution in [0.2, 0.25) is 0 Å². The summed E-state index contributed by atoms with van der Waals surface area (Å²) in [5.74, 6) is -1.22. The Balaban J connectivity index is 2.78. The first-order chi connectivity index (χ1) is 8.36. The summed E-state index contributed by atoms with van der Waals surface area (Å²) >= 11 is 1.08. The number of aliphatic carboxylic acids is 1. The molecule has 0 spiro atoms. The zero-order valence-electron chi connectivity index (χ0n) is 10.4. The highest BCUT2D eigenvalue weighted by Crippen LogP contribution is 2.30. The standard InChI is InChI=1S/C11H15N3O3S/c1-4-12-9(15)7-5-6-8(14-13-7)18-11(2,3)10(16)17/h5-6H,4H2,1-3H3,(H,12,15)(H,16,17). The van der Waals surface area contributed by atoms with Crippen LogP contribution in [0.25, 0.3) is 0 Å². The van der Waals surface area contributed by atoms with Crippen molar-refractivity contribution in [3.8, 4) is 0 Å². The fourth-order valence-corrected chi connectivity index (χ4v) is 1.88. The van der Waals surface area contributed by atoms with Gasteiger partial charge in [-0.05, 0) is 32.9 Å². The SMILES string of the molecule is CCNC(=O)c1ccc(SC(C)(C)C(=O)O)nn1. The Morgan fingerprint density at radius 1 is 1.39 bits per heavy atom. The van der Waals surface area contributed by atoms with Crippen LogP contribution in [0, 0.1) is 0 Å². The molecule has 1 rings (SSSR count). The molecule has 0 aliphatic carbocycles. The Morgan fingerprint density at radius 3 is 2.50 bits per heavy atom. The van der Waals surface area contributed by atoms with Gasteiger partial charge in [0.05, 0.1) is 0 Å². The van der Waals surface area contributed by atoms with E-state index in [-0.39, 0.29) is 11.6 Å². The predicted octanol–water partition coefficient (Wildman–Crippen LogP) is 1.18. The molecule has 0 bridgehead atoms. The van der Waals surface area contributed by atoms with Gasteiger partial charge >= 0.3 is 5.97 Å². The third kappa shape index (κ3) is 3.69. The zero-order chi connectivity index (χ0) is 13.8. The maximum Gasteiger partial charge on any atom is 0.319 e. The van der Waals surface area contributed by atoms with E-state index in [0.717, 1.165) is 11.8 Å². The Hall–Kier alpha value is -1.63. The zero-order valence-corrected chi connectivity index (χ0v) is 11.2. The van der Waals surface area contributed by atoms with E-state index in [1.807, 2.05) is 6.92 Å². The van der Waals surface area contributed by atoms with E-state index in [2.05, 4.69) is 15.5 Å². The lowest BCUT2D eigenvalue weighted by Gasteiger charge is -2.17. The van der Waals surface area contributed by atoms with Gasteiger partial charge in [0, 0.05) is 6.54 Å². The van der Waals surface area contributed by atoms with Crippen LogP contribution >= 0.6 is 11.8 Å². The molecule has 98 valence electrons. The smallest absolute Gasteiger partial charge is 0.319 e. The monoisotopic (exact) mass is 269 g/mol. The first-order valence-corrected chi connectivity index (χ1v) is 6.23. The van der Waals surface area contributed by atoms with E-state index in [9.17, 15) is 9.59 Å². The number of carboxylic acid groups (broad SMARTS) is 1. The highest BCUT2D eigenvalue weighted by atomic mass is 32.2. The van der Waals surface area contributed by atoms with Crippen LogP contribution < -0.4 is 5.32 Å². The maximum absolute atomic E-state index is 11.4. The van der Waals surface area contributed by atoms with E-state index in [1.165, 1.54) is 6.07 Å². The molecule has 1 amide bonds. The number of hydrogen-bond acceptors (Lipinski definition) is 5. The van der Waals surface area contributed by atoms with Crippen LogP contribution in [0.4, 0.5) is 0 Å². The molecule has 0 aliphatic rings. The van der Waals surface area contributed by atoms with Gasteiger partial charge in [-0.15, -0.1) is 10.2 Å². The lowest BCUT2D eigenvalue weighted by Crippen LogP contribution is -2.27. The lowest BCUT2D eigenvalue weighted by molar-refractivity contribution is -0.138. The molecule has 2 N–H and O–H groups in total. The van der Waals surface area contributed by atoms with Crippen molar-refractivity contribution in [1.82, 2.24) is 15.5 Å². The van der Waals surface area contributed by atoms with Gasteiger partial charge in [-0.25, -0.2) is 0 Å². The van der Waals surface area contributed by atoms with Gasteiger partial charge in [0.15, 0.2) is 5.69 Å². The minimum atomic E-state index is -0.984. The number of rotatable bonds is 5. The summed E-state index contributed by atoms with van der Waals surface area (Å²) in [6, 6.07) is 3.12. The van der Waals surface area contributed by atoms with Crippen molar-refractivity contribution in [2.45, 2.75) is 30.5 Å². The van der Waals surface area contributed by atoms with Crippen LogP contribution in [-0.4, -0.2) is 38.5 Å². The molecule has 18 heavy (non-hydrogen) atoms. The molecular formula is C11H15N3O3S. The van der Waals surface area contributed by atoms with Crippen LogP contribution in [0.15, 0.2) is 17.2 Å². The molecule has 0 fully saturated rings. The molecule has 1 aromatic rings. The first-order valence-electron chi connectivity index (χ1n) is 5.41. The molecule has 1 heterocycles. The maximum atomic E-state index is 11.4. The Labute approximate surface area is 109 Å². The van der Waals surface area contributed by atoms with Crippen molar-refractivity contribution in [2.24, 2.45) is 0 Å². The number of nitrogens with one attached hydrogen (secondary N) is 1. The number of carbonyl (C=O) groups excluding carboxylic acids is 1. The molecule has 0 unspecified atom stereocenters. The summed E-state index contributed by atoms with van der Waals surface area (Å²) in [5.41, 5.74) is 0.217. The fraction of sp³-hybridized carbons (Fsp3) is 0.455. The highest BCUT2D eigenvalue weighted by Gasteiger charge is 2.29. The number of amides is 1. The molecule has 0 saturated carbocycles. The molecule has 6 nitrogen and oxygen atoms in total. The topological polar surface area (TPSA) is 92.2 Å². The quantitative estimate of drug-likeness (QED) is 0.780. The largest absolute Gasteiger partial charge is 0.480 e. The predicted molar refractivity (Wildman–Crippen MR) is 67.6 cm³/mol. The third-order valence-electron chi connectivity index (χ3n) is 2.08. The summed E-state index contributed by atoms with van der Waals surface area (Å²) in [6.07, 6.45) is 0. The molecule has 0 saturated heterocycles. The summed E-state index contributed by atoms with van der Waals surface area (Å²) in [6.45, 7) is 5.49. The molecule has 0 radical (unpaired) electrons. The molecule has 1 aromatic heterocycles. The third-order valence-corrected chi connectivity index (χ3v) is 3.20. The highest BCUT2D eigenvalue weighted by molar-refractivity contribution is 8.01. The van der Waals surface area contributed by atoms with Crippen molar-refractivity contribution in [3.05, 3.63) is 17.8 Å². The van der Waals surface area contributed by atoms with E-state index in [1.54, 1.807) is 19.9 Å². The van der Waals surface area contributed by atoms with Crippen molar-refractivity contribution >= 4 is 23.6 Å². The van der Waals surface area contributed by atoms with Gasteiger partial charge in [0.25, 0.3) is 5.91 Å². The first kappa shape index (κ1) is 14.4. The molecule has 0 aromatic carbocycles. The lowest BCUT2D eigenvalue weighted by atomic mass is 10.2. The minimum absolute atomic E-state index is 0.217. The van der Waals surface area contributed by atoms with E-state index in [4.69, 9.17) is 5.11 Å². The van der Waals surface area contributed by atoms with E-state index in [0.29, 0.717) is 11.6 Å². The Kier molecular flexibility index (Phi) is 4.66. The summed E-state index contributed by atoms with van der Waals surface area (Å²) in [4.78, 5) is 22.4. The molecule has 0 aliphatic heterocycles. The number of nitrogens with zero attached hydrogens (tertiary/aromatic N) is 2. The van der Waals surface area contributed by atoms with Gasteiger partial charge in [-0.2, -0.15) is 0 Å². The number of aromatic nitrogens is 2. The second kappa shape index (κ2) is 5.81. The average molecular weight is 269 g/mol. The molecule has 7 heteroatoms. The van der Waals surface area contributed by atoms with Crippen molar-refractivity contribution < 1.29 is 14.7 Å². The summed E-state index contributed by atoms with van der Waals surface area (Å²) in [7, 11) is 0. The molecular weight excluding hydrogens is 254 g/mol. The van der Waals surface area contributed by atoms with E-state index >= 15 is 0 Å². The van der Waals surface area contributed by atoms with Crippen LogP contribution in [0.1, 0.15) is 31.3 Å². The van der Waals surface area contributed by atoms with Crippen molar-refractivity contribution in [1.29, 1.82) is 0 Å². The average Bonchev–Trinajstić information content (AvgIpc) is 2.29.